The van der Waals surface area contributed by atoms with Crippen LogP contribution in [0.2, 0.25) is 0 Å². The summed E-state index contributed by atoms with van der Waals surface area (Å²) in [6.45, 7) is 4.62. The van der Waals surface area contributed by atoms with Crippen molar-refractivity contribution in [3.63, 3.8) is 0 Å². The zero-order valence-corrected chi connectivity index (χ0v) is 19.0. The molecule has 7 heteroatoms. The molecule has 6 nitrogen and oxygen atoms in total. The fourth-order valence-corrected chi connectivity index (χ4v) is 5.15. The molecule has 1 heterocycles. The number of anilines is 1. The molecule has 3 aromatic carbocycles. The monoisotopic (exact) mass is 450 g/mol. The van der Waals surface area contributed by atoms with Gasteiger partial charge in [0.2, 0.25) is 10.0 Å². The number of nitrogens with zero attached hydrogens (tertiary/aromatic N) is 1. The first-order valence-corrected chi connectivity index (χ1v) is 11.9. The summed E-state index contributed by atoms with van der Waals surface area (Å²) in [4.78, 5) is 12.7. The van der Waals surface area contributed by atoms with Crippen LogP contribution >= 0.6 is 0 Å². The Morgan fingerprint density at radius 3 is 2.50 bits per heavy atom. The number of amides is 1. The van der Waals surface area contributed by atoms with Crippen molar-refractivity contribution in [3.8, 4) is 5.75 Å². The summed E-state index contributed by atoms with van der Waals surface area (Å²) in [6.07, 6.45) is 0.630. The van der Waals surface area contributed by atoms with Gasteiger partial charge in [0, 0.05) is 18.8 Å². The Bertz CT molecular complexity index is 1240. The number of carbonyl (C=O) groups excluding carboxylic acids is 1. The van der Waals surface area contributed by atoms with E-state index in [0.717, 1.165) is 16.7 Å². The lowest BCUT2D eigenvalue weighted by molar-refractivity contribution is -0.118. The van der Waals surface area contributed by atoms with Gasteiger partial charge in [0.1, 0.15) is 5.75 Å². The van der Waals surface area contributed by atoms with E-state index < -0.39 is 10.0 Å². The maximum Gasteiger partial charge on any atom is 0.262 e. The van der Waals surface area contributed by atoms with E-state index in [2.05, 4.69) is 5.32 Å². The summed E-state index contributed by atoms with van der Waals surface area (Å²) < 4.78 is 33.0. The standard InChI is InChI=1S/C25H26N2O4S/c1-18-8-11-23(14-19(18)2)31-17-25(28)26-22-10-9-20-12-13-27(16-21(20)15-22)32(29,30)24-6-4-3-5-7-24/h3-11,14-15H,12-13,16-17H2,1-2H3,(H,26,28). The van der Waals surface area contributed by atoms with Crippen molar-refractivity contribution in [1.82, 2.24) is 4.31 Å². The van der Waals surface area contributed by atoms with Crippen LogP contribution in [0.3, 0.4) is 0 Å². The average Bonchev–Trinajstić information content (AvgIpc) is 2.80. The lowest BCUT2D eigenvalue weighted by atomic mass is 10.0. The topological polar surface area (TPSA) is 75.7 Å². The number of ether oxygens (including phenoxy) is 1. The molecule has 0 saturated carbocycles. The van der Waals surface area contributed by atoms with Crippen LogP contribution in [0.1, 0.15) is 22.3 Å². The number of aryl methyl sites for hydroxylation is 2. The normalized spacial score (nSPS) is 13.9. The highest BCUT2D eigenvalue weighted by atomic mass is 32.2. The summed E-state index contributed by atoms with van der Waals surface area (Å²) in [5.74, 6) is 0.378. The first-order chi connectivity index (χ1) is 15.3. The predicted molar refractivity (Wildman–Crippen MR) is 124 cm³/mol. The number of hydrogen-bond acceptors (Lipinski definition) is 4. The Balaban J connectivity index is 1.42. The Hall–Kier alpha value is -3.16. The number of sulfonamides is 1. The Kier molecular flexibility index (Phi) is 6.30. The minimum atomic E-state index is -3.56. The van der Waals surface area contributed by atoms with Crippen LogP contribution in [0, 0.1) is 13.8 Å². The van der Waals surface area contributed by atoms with Gasteiger partial charge >= 0.3 is 0 Å². The minimum Gasteiger partial charge on any atom is -0.484 e. The van der Waals surface area contributed by atoms with E-state index in [4.69, 9.17) is 4.74 Å². The second-order valence-electron chi connectivity index (χ2n) is 7.97. The van der Waals surface area contributed by atoms with Crippen LogP contribution < -0.4 is 10.1 Å². The fraction of sp³-hybridized carbons (Fsp3) is 0.240. The van der Waals surface area contributed by atoms with Gasteiger partial charge in [-0.25, -0.2) is 8.42 Å². The van der Waals surface area contributed by atoms with Crippen molar-refractivity contribution >= 4 is 21.6 Å². The summed E-state index contributed by atoms with van der Waals surface area (Å²) in [7, 11) is -3.56. The van der Waals surface area contributed by atoms with Gasteiger partial charge in [-0.2, -0.15) is 4.31 Å². The molecule has 0 fully saturated rings. The number of hydrogen-bond donors (Lipinski definition) is 1. The molecule has 0 radical (unpaired) electrons. The van der Waals surface area contributed by atoms with E-state index in [0.29, 0.717) is 24.4 Å². The van der Waals surface area contributed by atoms with Crippen LogP contribution in [-0.2, 0) is 27.8 Å². The van der Waals surface area contributed by atoms with E-state index in [1.807, 2.05) is 50.2 Å². The van der Waals surface area contributed by atoms with Gasteiger partial charge in [-0.05, 0) is 78.9 Å². The molecule has 1 aliphatic rings. The van der Waals surface area contributed by atoms with E-state index in [1.165, 1.54) is 9.87 Å². The zero-order valence-electron chi connectivity index (χ0n) is 18.2. The quantitative estimate of drug-likeness (QED) is 0.614. The van der Waals surface area contributed by atoms with Gasteiger partial charge in [-0.15, -0.1) is 0 Å². The molecule has 166 valence electrons. The van der Waals surface area contributed by atoms with Gasteiger partial charge in [-0.3, -0.25) is 4.79 Å². The van der Waals surface area contributed by atoms with Gasteiger partial charge in [0.05, 0.1) is 4.90 Å². The van der Waals surface area contributed by atoms with Gasteiger partial charge in [0.25, 0.3) is 5.91 Å². The Labute approximate surface area is 188 Å². The number of rotatable bonds is 6. The molecule has 1 amide bonds. The molecule has 0 atom stereocenters. The molecule has 4 rings (SSSR count). The number of benzene rings is 3. The minimum absolute atomic E-state index is 0.103. The van der Waals surface area contributed by atoms with E-state index in [1.54, 1.807) is 30.3 Å². The van der Waals surface area contributed by atoms with Crippen LogP contribution in [0.25, 0.3) is 0 Å². The summed E-state index contributed by atoms with van der Waals surface area (Å²) in [5.41, 5.74) is 4.88. The molecule has 32 heavy (non-hydrogen) atoms. The molecule has 0 unspecified atom stereocenters. The van der Waals surface area contributed by atoms with Gasteiger partial charge in [0.15, 0.2) is 6.61 Å². The molecular formula is C25H26N2O4S. The van der Waals surface area contributed by atoms with Crippen LogP contribution in [0.15, 0.2) is 71.6 Å². The molecule has 0 aliphatic carbocycles. The maximum absolute atomic E-state index is 13.0. The molecule has 1 N–H and O–H groups in total. The van der Waals surface area contributed by atoms with E-state index >= 15 is 0 Å². The second kappa shape index (κ2) is 9.14. The maximum atomic E-state index is 13.0. The van der Waals surface area contributed by atoms with E-state index in [-0.39, 0.29) is 24.0 Å². The molecular weight excluding hydrogens is 424 g/mol. The zero-order chi connectivity index (χ0) is 22.7. The van der Waals surface area contributed by atoms with Crippen molar-refractivity contribution in [2.75, 3.05) is 18.5 Å². The molecule has 3 aromatic rings. The third-order valence-corrected chi connectivity index (χ3v) is 7.56. The third-order valence-electron chi connectivity index (χ3n) is 5.70. The molecule has 0 aromatic heterocycles. The van der Waals surface area contributed by atoms with Crippen molar-refractivity contribution in [2.24, 2.45) is 0 Å². The van der Waals surface area contributed by atoms with Crippen LogP contribution in [-0.4, -0.2) is 31.8 Å². The van der Waals surface area contributed by atoms with Crippen molar-refractivity contribution in [1.29, 1.82) is 0 Å². The lowest BCUT2D eigenvalue weighted by Crippen LogP contribution is -2.36. The highest BCUT2D eigenvalue weighted by Gasteiger charge is 2.28. The average molecular weight is 451 g/mol. The molecule has 1 aliphatic heterocycles. The number of fused-ring (bicyclic) bond motifs is 1. The largest absolute Gasteiger partial charge is 0.484 e. The SMILES string of the molecule is Cc1ccc(OCC(=O)Nc2ccc3c(c2)CN(S(=O)(=O)c2ccccc2)CC3)cc1C. The van der Waals surface area contributed by atoms with Crippen molar-refractivity contribution in [2.45, 2.75) is 31.7 Å². The van der Waals surface area contributed by atoms with Crippen molar-refractivity contribution in [3.05, 3.63) is 89.0 Å². The van der Waals surface area contributed by atoms with Gasteiger partial charge < -0.3 is 10.1 Å². The number of carbonyl (C=O) groups is 1. The predicted octanol–water partition coefficient (Wildman–Crippen LogP) is 4.07. The van der Waals surface area contributed by atoms with Crippen LogP contribution in [0.5, 0.6) is 5.75 Å². The molecule has 0 bridgehead atoms. The Morgan fingerprint density at radius 2 is 1.75 bits per heavy atom. The van der Waals surface area contributed by atoms with Crippen molar-refractivity contribution < 1.29 is 17.9 Å². The summed E-state index contributed by atoms with van der Waals surface area (Å²) in [6, 6.07) is 19.8. The Morgan fingerprint density at radius 1 is 0.969 bits per heavy atom. The second-order valence-corrected chi connectivity index (χ2v) is 9.91. The highest BCUT2D eigenvalue weighted by molar-refractivity contribution is 7.89. The van der Waals surface area contributed by atoms with E-state index in [9.17, 15) is 13.2 Å². The van der Waals surface area contributed by atoms with Crippen LogP contribution in [0.4, 0.5) is 5.69 Å². The first-order valence-electron chi connectivity index (χ1n) is 10.5. The molecule has 0 saturated heterocycles. The smallest absolute Gasteiger partial charge is 0.262 e. The lowest BCUT2D eigenvalue weighted by Gasteiger charge is -2.28. The highest BCUT2D eigenvalue weighted by Crippen LogP contribution is 2.27. The summed E-state index contributed by atoms with van der Waals surface area (Å²) in [5, 5.41) is 2.84. The third kappa shape index (κ3) is 4.84. The number of nitrogens with one attached hydrogen (secondary N) is 1. The fourth-order valence-electron chi connectivity index (χ4n) is 3.71. The molecule has 0 spiro atoms. The van der Waals surface area contributed by atoms with Gasteiger partial charge in [-0.1, -0.05) is 30.3 Å². The summed E-state index contributed by atoms with van der Waals surface area (Å²) >= 11 is 0. The first kappa shape index (κ1) is 22.0.